The fourth-order valence-electron chi connectivity index (χ4n) is 3.59. The molecule has 1 aliphatic heterocycles. The molecule has 2 aliphatic rings. The fraction of sp³-hybridized carbons (Fsp3) is 0.652. The molecule has 166 valence electrons. The van der Waals surface area contributed by atoms with Gasteiger partial charge in [-0.05, 0) is 44.2 Å². The summed E-state index contributed by atoms with van der Waals surface area (Å²) in [5.74, 6) is 2.60. The zero-order valence-corrected chi connectivity index (χ0v) is 18.3. The first kappa shape index (κ1) is 22.4. The van der Waals surface area contributed by atoms with Crippen LogP contribution in [0.3, 0.4) is 0 Å². The lowest BCUT2D eigenvalue weighted by Crippen LogP contribution is -2.39. The number of ether oxygens (including phenoxy) is 2. The Bertz CT molecular complexity index is 712. The topological polar surface area (TPSA) is 84.0 Å². The Balaban J connectivity index is 1.38. The largest absolute Gasteiger partial charge is 0.493 e. The summed E-state index contributed by atoms with van der Waals surface area (Å²) in [6, 6.07) is 6.30. The second kappa shape index (κ2) is 11.8. The van der Waals surface area contributed by atoms with Crippen molar-refractivity contribution in [1.29, 1.82) is 0 Å². The first-order chi connectivity index (χ1) is 14.7. The molecule has 1 aromatic carbocycles. The van der Waals surface area contributed by atoms with Crippen molar-refractivity contribution in [2.75, 3.05) is 40.0 Å². The standard InChI is InChI=1S/C23H36N4O3/c1-17-7-8-20(21(13-17)30-16-18-9-12-29-15-18)14-27-23(24-2)26-11-4-10-25-22(28)19-5-3-6-19/h7-8,13,18-19H,3-6,9-12,14-16H2,1-2H3,(H,25,28)(H2,24,26,27). The number of nitrogens with one attached hydrogen (secondary N) is 3. The number of benzene rings is 1. The average molecular weight is 417 g/mol. The van der Waals surface area contributed by atoms with Crippen molar-refractivity contribution < 1.29 is 14.3 Å². The zero-order valence-electron chi connectivity index (χ0n) is 18.3. The molecule has 3 rings (SSSR count). The Morgan fingerprint density at radius 3 is 2.73 bits per heavy atom. The summed E-state index contributed by atoms with van der Waals surface area (Å²) in [7, 11) is 1.76. The van der Waals surface area contributed by atoms with Gasteiger partial charge in [0.1, 0.15) is 5.75 Å². The van der Waals surface area contributed by atoms with Crippen LogP contribution in [0.5, 0.6) is 5.75 Å². The van der Waals surface area contributed by atoms with Crippen LogP contribution in [-0.2, 0) is 16.1 Å². The second-order valence-electron chi connectivity index (χ2n) is 8.28. The molecular formula is C23H36N4O3. The van der Waals surface area contributed by atoms with E-state index in [4.69, 9.17) is 9.47 Å². The highest BCUT2D eigenvalue weighted by molar-refractivity contribution is 5.80. The van der Waals surface area contributed by atoms with Crippen molar-refractivity contribution in [2.45, 2.75) is 45.6 Å². The predicted molar refractivity (Wildman–Crippen MR) is 119 cm³/mol. The number of amides is 1. The molecule has 30 heavy (non-hydrogen) atoms. The molecule has 1 aromatic rings. The number of aryl methyl sites for hydroxylation is 1. The van der Waals surface area contributed by atoms with Gasteiger partial charge in [0.2, 0.25) is 5.91 Å². The minimum Gasteiger partial charge on any atom is -0.493 e. The van der Waals surface area contributed by atoms with Crippen LogP contribution in [0.25, 0.3) is 0 Å². The predicted octanol–water partition coefficient (Wildman–Crippen LogP) is 2.38. The third kappa shape index (κ3) is 6.90. The summed E-state index contributed by atoms with van der Waals surface area (Å²) < 4.78 is 11.6. The van der Waals surface area contributed by atoms with Gasteiger partial charge in [-0.25, -0.2) is 0 Å². The van der Waals surface area contributed by atoms with Crippen LogP contribution in [0.2, 0.25) is 0 Å². The Morgan fingerprint density at radius 1 is 1.20 bits per heavy atom. The minimum atomic E-state index is 0.208. The Hall–Kier alpha value is -2.28. The Kier molecular flexibility index (Phi) is 8.81. The molecule has 7 nitrogen and oxygen atoms in total. The van der Waals surface area contributed by atoms with Crippen molar-refractivity contribution >= 4 is 11.9 Å². The molecule has 0 spiro atoms. The van der Waals surface area contributed by atoms with Crippen LogP contribution in [0, 0.1) is 18.8 Å². The van der Waals surface area contributed by atoms with Crippen molar-refractivity contribution in [1.82, 2.24) is 16.0 Å². The Morgan fingerprint density at radius 2 is 2.03 bits per heavy atom. The van der Waals surface area contributed by atoms with Gasteiger partial charge in [0.25, 0.3) is 0 Å². The molecule has 7 heteroatoms. The van der Waals surface area contributed by atoms with Gasteiger partial charge in [-0.15, -0.1) is 0 Å². The van der Waals surface area contributed by atoms with E-state index in [1.807, 2.05) is 0 Å². The smallest absolute Gasteiger partial charge is 0.223 e. The van der Waals surface area contributed by atoms with Gasteiger partial charge in [-0.2, -0.15) is 0 Å². The molecule has 0 radical (unpaired) electrons. The third-order valence-corrected chi connectivity index (χ3v) is 5.81. The molecule has 1 saturated heterocycles. The number of hydrogen-bond donors (Lipinski definition) is 3. The maximum absolute atomic E-state index is 11.8. The van der Waals surface area contributed by atoms with Crippen LogP contribution in [0.4, 0.5) is 0 Å². The van der Waals surface area contributed by atoms with Crippen LogP contribution < -0.4 is 20.7 Å². The molecular weight excluding hydrogens is 380 g/mol. The monoisotopic (exact) mass is 416 g/mol. The molecule has 1 amide bonds. The molecule has 0 bridgehead atoms. The quantitative estimate of drug-likeness (QED) is 0.310. The molecule has 0 aromatic heterocycles. The summed E-state index contributed by atoms with van der Waals surface area (Å²) in [6.07, 6.45) is 5.20. The van der Waals surface area contributed by atoms with Crippen molar-refractivity contribution in [3.8, 4) is 5.75 Å². The SMILES string of the molecule is CN=C(NCCCNC(=O)C1CCC1)NCc1ccc(C)cc1OCC1CCOC1. The van der Waals surface area contributed by atoms with E-state index >= 15 is 0 Å². The van der Waals surface area contributed by atoms with E-state index in [0.717, 1.165) is 62.7 Å². The molecule has 1 atom stereocenters. The van der Waals surface area contributed by atoms with Gasteiger partial charge >= 0.3 is 0 Å². The highest BCUT2D eigenvalue weighted by atomic mass is 16.5. The van der Waals surface area contributed by atoms with Crippen molar-refractivity contribution in [3.05, 3.63) is 29.3 Å². The van der Waals surface area contributed by atoms with E-state index in [-0.39, 0.29) is 11.8 Å². The number of carbonyl (C=O) groups excluding carboxylic acids is 1. The average Bonchev–Trinajstić information content (AvgIpc) is 3.21. The summed E-state index contributed by atoms with van der Waals surface area (Å²) in [6.45, 7) is 6.47. The maximum Gasteiger partial charge on any atom is 0.223 e. The maximum atomic E-state index is 11.8. The number of nitrogens with zero attached hydrogens (tertiary/aromatic N) is 1. The zero-order chi connectivity index (χ0) is 21.2. The van der Waals surface area contributed by atoms with Gasteiger partial charge < -0.3 is 25.4 Å². The number of aliphatic imine (C=N–C) groups is 1. The Labute approximate surface area is 180 Å². The van der Waals surface area contributed by atoms with Gasteiger partial charge in [0.05, 0.1) is 13.2 Å². The summed E-state index contributed by atoms with van der Waals surface area (Å²) >= 11 is 0. The highest BCUT2D eigenvalue weighted by Crippen LogP contribution is 2.26. The van der Waals surface area contributed by atoms with E-state index in [1.165, 1.54) is 12.0 Å². The number of guanidine groups is 1. The molecule has 1 saturated carbocycles. The lowest BCUT2D eigenvalue weighted by molar-refractivity contribution is -0.127. The summed E-state index contributed by atoms with van der Waals surface area (Å²) in [4.78, 5) is 16.1. The van der Waals surface area contributed by atoms with E-state index < -0.39 is 0 Å². The van der Waals surface area contributed by atoms with E-state index in [0.29, 0.717) is 25.6 Å². The number of rotatable bonds is 10. The molecule has 2 fully saturated rings. The minimum absolute atomic E-state index is 0.208. The van der Waals surface area contributed by atoms with Gasteiger partial charge in [0, 0.05) is 50.7 Å². The molecule has 1 heterocycles. The van der Waals surface area contributed by atoms with Gasteiger partial charge in [-0.1, -0.05) is 18.6 Å². The molecule has 1 aliphatic carbocycles. The van der Waals surface area contributed by atoms with Crippen LogP contribution >= 0.6 is 0 Å². The first-order valence-electron chi connectivity index (χ1n) is 11.2. The van der Waals surface area contributed by atoms with Gasteiger partial charge in [0.15, 0.2) is 5.96 Å². The highest BCUT2D eigenvalue weighted by Gasteiger charge is 2.24. The summed E-state index contributed by atoms with van der Waals surface area (Å²) in [5, 5.41) is 9.68. The first-order valence-corrected chi connectivity index (χ1v) is 11.2. The van der Waals surface area contributed by atoms with Crippen LogP contribution in [0.15, 0.2) is 23.2 Å². The second-order valence-corrected chi connectivity index (χ2v) is 8.28. The van der Waals surface area contributed by atoms with Crippen molar-refractivity contribution in [3.63, 3.8) is 0 Å². The third-order valence-electron chi connectivity index (χ3n) is 5.81. The lowest BCUT2D eigenvalue weighted by atomic mass is 9.85. The molecule has 3 N–H and O–H groups in total. The van der Waals surface area contributed by atoms with Gasteiger partial charge in [-0.3, -0.25) is 9.79 Å². The normalized spacial score (nSPS) is 19.3. The summed E-state index contributed by atoms with van der Waals surface area (Å²) in [5.41, 5.74) is 2.29. The van der Waals surface area contributed by atoms with E-state index in [2.05, 4.69) is 46.1 Å². The number of hydrogen-bond acceptors (Lipinski definition) is 4. The van der Waals surface area contributed by atoms with E-state index in [9.17, 15) is 4.79 Å². The van der Waals surface area contributed by atoms with Crippen molar-refractivity contribution in [2.24, 2.45) is 16.8 Å². The number of carbonyl (C=O) groups is 1. The van der Waals surface area contributed by atoms with Crippen LogP contribution in [-0.4, -0.2) is 51.8 Å². The van der Waals surface area contributed by atoms with E-state index in [1.54, 1.807) is 7.05 Å². The van der Waals surface area contributed by atoms with Crippen LogP contribution in [0.1, 0.15) is 43.2 Å². The lowest BCUT2D eigenvalue weighted by Gasteiger charge is -2.24. The molecule has 1 unspecified atom stereocenters. The fourth-order valence-corrected chi connectivity index (χ4v) is 3.59.